The average molecular weight is 276 g/mol. The summed E-state index contributed by atoms with van der Waals surface area (Å²) in [5, 5.41) is 3.24. The molecule has 5 heteroatoms. The number of rotatable bonds is 2. The minimum atomic E-state index is 0.0934. The molecule has 0 aliphatic carbocycles. The highest BCUT2D eigenvalue weighted by atomic mass is 16.2. The predicted octanol–water partition coefficient (Wildman–Crippen LogP) is 2.21. The lowest BCUT2D eigenvalue weighted by Gasteiger charge is -2.33. The number of hydrogen-bond acceptors (Lipinski definition) is 3. The summed E-state index contributed by atoms with van der Waals surface area (Å²) >= 11 is 0. The van der Waals surface area contributed by atoms with Gasteiger partial charge in [0, 0.05) is 32.4 Å². The number of nitrogens with zero attached hydrogens (tertiary/aromatic N) is 3. The second-order valence-electron chi connectivity index (χ2n) is 6.30. The molecule has 1 saturated heterocycles. The zero-order valence-electron chi connectivity index (χ0n) is 12.4. The van der Waals surface area contributed by atoms with E-state index in [-0.39, 0.29) is 5.91 Å². The SMILES string of the molecule is CC(C)C1CCN(C(=O)c2cn3c(n2)NCCC3)CC1. The Labute approximate surface area is 120 Å². The number of aryl methyl sites for hydroxylation is 1. The van der Waals surface area contributed by atoms with Crippen molar-refractivity contribution in [3.05, 3.63) is 11.9 Å². The third kappa shape index (κ3) is 2.53. The fourth-order valence-corrected chi connectivity index (χ4v) is 3.21. The van der Waals surface area contributed by atoms with Crippen molar-refractivity contribution in [2.24, 2.45) is 11.8 Å². The second kappa shape index (κ2) is 5.46. The second-order valence-corrected chi connectivity index (χ2v) is 6.30. The van der Waals surface area contributed by atoms with Crippen LogP contribution < -0.4 is 5.32 Å². The van der Waals surface area contributed by atoms with Gasteiger partial charge in [0.05, 0.1) is 0 Å². The van der Waals surface area contributed by atoms with Gasteiger partial charge in [-0.3, -0.25) is 4.79 Å². The van der Waals surface area contributed by atoms with Gasteiger partial charge in [0.2, 0.25) is 5.95 Å². The van der Waals surface area contributed by atoms with E-state index >= 15 is 0 Å². The Morgan fingerprint density at radius 2 is 2.10 bits per heavy atom. The van der Waals surface area contributed by atoms with E-state index in [4.69, 9.17) is 0 Å². The number of fused-ring (bicyclic) bond motifs is 1. The molecule has 0 aromatic carbocycles. The molecule has 0 unspecified atom stereocenters. The van der Waals surface area contributed by atoms with Gasteiger partial charge in [-0.1, -0.05) is 13.8 Å². The number of anilines is 1. The summed E-state index contributed by atoms with van der Waals surface area (Å²) in [6.07, 6.45) is 5.24. The first-order valence-electron chi connectivity index (χ1n) is 7.75. The number of imidazole rings is 1. The Morgan fingerprint density at radius 1 is 1.35 bits per heavy atom. The van der Waals surface area contributed by atoms with Crippen LogP contribution in [0.4, 0.5) is 5.95 Å². The van der Waals surface area contributed by atoms with Gasteiger partial charge in [-0.25, -0.2) is 4.98 Å². The highest BCUT2D eigenvalue weighted by Crippen LogP contribution is 2.25. The molecule has 2 aliphatic rings. The maximum atomic E-state index is 12.5. The molecular formula is C15H24N4O. The first-order valence-corrected chi connectivity index (χ1v) is 7.75. The summed E-state index contributed by atoms with van der Waals surface area (Å²) in [5.74, 6) is 2.42. The lowest BCUT2D eigenvalue weighted by atomic mass is 9.86. The number of piperidine rings is 1. The molecule has 2 aliphatic heterocycles. The van der Waals surface area contributed by atoms with Crippen LogP contribution in [0, 0.1) is 11.8 Å². The average Bonchev–Trinajstić information content (AvgIpc) is 2.90. The van der Waals surface area contributed by atoms with Crippen LogP contribution in [0.2, 0.25) is 0 Å². The van der Waals surface area contributed by atoms with Crippen LogP contribution >= 0.6 is 0 Å². The molecular weight excluding hydrogens is 252 g/mol. The minimum absolute atomic E-state index is 0.0934. The number of amides is 1. The number of carbonyl (C=O) groups excluding carboxylic acids is 1. The van der Waals surface area contributed by atoms with Gasteiger partial charge in [0.15, 0.2) is 0 Å². The van der Waals surface area contributed by atoms with Crippen molar-refractivity contribution < 1.29 is 4.79 Å². The van der Waals surface area contributed by atoms with Crippen LogP contribution in [0.15, 0.2) is 6.20 Å². The van der Waals surface area contributed by atoms with Gasteiger partial charge >= 0.3 is 0 Å². The monoisotopic (exact) mass is 276 g/mol. The van der Waals surface area contributed by atoms with Crippen molar-refractivity contribution in [2.45, 2.75) is 39.7 Å². The Morgan fingerprint density at radius 3 is 2.75 bits per heavy atom. The molecule has 1 amide bonds. The quantitative estimate of drug-likeness (QED) is 0.901. The summed E-state index contributed by atoms with van der Waals surface area (Å²) < 4.78 is 2.05. The van der Waals surface area contributed by atoms with Crippen LogP contribution in [-0.2, 0) is 6.54 Å². The molecule has 1 fully saturated rings. The lowest BCUT2D eigenvalue weighted by Crippen LogP contribution is -2.39. The highest BCUT2D eigenvalue weighted by Gasteiger charge is 2.27. The van der Waals surface area contributed by atoms with E-state index in [0.717, 1.165) is 63.2 Å². The van der Waals surface area contributed by atoms with Crippen LogP contribution in [0.5, 0.6) is 0 Å². The Kier molecular flexibility index (Phi) is 3.68. The third-order valence-corrected chi connectivity index (χ3v) is 4.62. The molecule has 0 saturated carbocycles. The van der Waals surface area contributed by atoms with Crippen LogP contribution in [0.25, 0.3) is 0 Å². The fourth-order valence-electron chi connectivity index (χ4n) is 3.21. The largest absolute Gasteiger partial charge is 0.356 e. The maximum absolute atomic E-state index is 12.5. The molecule has 20 heavy (non-hydrogen) atoms. The number of nitrogens with one attached hydrogen (secondary N) is 1. The maximum Gasteiger partial charge on any atom is 0.274 e. The van der Waals surface area contributed by atoms with Crippen molar-refractivity contribution >= 4 is 11.9 Å². The van der Waals surface area contributed by atoms with Crippen LogP contribution in [0.1, 0.15) is 43.6 Å². The zero-order chi connectivity index (χ0) is 14.1. The zero-order valence-corrected chi connectivity index (χ0v) is 12.4. The summed E-state index contributed by atoms with van der Waals surface area (Å²) in [4.78, 5) is 18.9. The molecule has 3 rings (SSSR count). The molecule has 1 aromatic rings. The summed E-state index contributed by atoms with van der Waals surface area (Å²) in [5.41, 5.74) is 0.595. The van der Waals surface area contributed by atoms with E-state index in [0.29, 0.717) is 5.69 Å². The molecule has 0 bridgehead atoms. The van der Waals surface area contributed by atoms with Crippen molar-refractivity contribution in [1.82, 2.24) is 14.5 Å². The minimum Gasteiger partial charge on any atom is -0.356 e. The molecule has 0 spiro atoms. The topological polar surface area (TPSA) is 50.2 Å². The number of likely N-dealkylation sites (tertiary alicyclic amines) is 1. The Balaban J connectivity index is 1.66. The molecule has 110 valence electrons. The van der Waals surface area contributed by atoms with Gasteiger partial charge in [-0.05, 0) is 31.1 Å². The molecule has 1 N–H and O–H groups in total. The Hall–Kier alpha value is -1.52. The van der Waals surface area contributed by atoms with Gasteiger partial charge in [-0.15, -0.1) is 0 Å². The van der Waals surface area contributed by atoms with E-state index in [1.165, 1.54) is 0 Å². The first kappa shape index (κ1) is 13.5. The lowest BCUT2D eigenvalue weighted by molar-refractivity contribution is 0.0662. The van der Waals surface area contributed by atoms with Crippen molar-refractivity contribution in [2.75, 3.05) is 25.0 Å². The van der Waals surface area contributed by atoms with Gasteiger partial charge in [0.25, 0.3) is 5.91 Å². The van der Waals surface area contributed by atoms with E-state index in [1.807, 2.05) is 11.1 Å². The normalized spacial score (nSPS) is 19.9. The summed E-state index contributed by atoms with van der Waals surface area (Å²) in [6, 6.07) is 0. The molecule has 0 atom stereocenters. The molecule has 0 radical (unpaired) electrons. The fraction of sp³-hybridized carbons (Fsp3) is 0.733. The molecule has 1 aromatic heterocycles. The van der Waals surface area contributed by atoms with Gasteiger partial charge in [-0.2, -0.15) is 0 Å². The summed E-state index contributed by atoms with van der Waals surface area (Å²) in [6.45, 7) is 8.20. The third-order valence-electron chi connectivity index (χ3n) is 4.62. The van der Waals surface area contributed by atoms with Crippen LogP contribution in [-0.4, -0.2) is 40.0 Å². The van der Waals surface area contributed by atoms with Crippen molar-refractivity contribution in [3.8, 4) is 0 Å². The van der Waals surface area contributed by atoms with Crippen LogP contribution in [0.3, 0.4) is 0 Å². The van der Waals surface area contributed by atoms with Gasteiger partial charge in [0.1, 0.15) is 5.69 Å². The standard InChI is InChI=1S/C15H24N4O/c1-11(2)12-4-8-18(9-5-12)14(20)13-10-19-7-3-6-16-15(19)17-13/h10-12H,3-9H2,1-2H3,(H,16,17). The van der Waals surface area contributed by atoms with Crippen molar-refractivity contribution in [3.63, 3.8) is 0 Å². The van der Waals surface area contributed by atoms with Gasteiger partial charge < -0.3 is 14.8 Å². The summed E-state index contributed by atoms with van der Waals surface area (Å²) in [7, 11) is 0. The first-order chi connectivity index (χ1) is 9.65. The van der Waals surface area contributed by atoms with E-state index in [2.05, 4.69) is 28.7 Å². The number of aromatic nitrogens is 2. The number of hydrogen-bond donors (Lipinski definition) is 1. The van der Waals surface area contributed by atoms with E-state index in [1.54, 1.807) is 0 Å². The Bertz CT molecular complexity index is 463. The van der Waals surface area contributed by atoms with E-state index < -0.39 is 0 Å². The molecule has 5 nitrogen and oxygen atoms in total. The van der Waals surface area contributed by atoms with Crippen molar-refractivity contribution in [1.29, 1.82) is 0 Å². The molecule has 3 heterocycles. The highest BCUT2D eigenvalue weighted by molar-refractivity contribution is 5.92. The smallest absolute Gasteiger partial charge is 0.274 e. The predicted molar refractivity (Wildman–Crippen MR) is 78.8 cm³/mol. The van der Waals surface area contributed by atoms with E-state index in [9.17, 15) is 4.79 Å². The number of carbonyl (C=O) groups is 1.